The first-order valence-corrected chi connectivity index (χ1v) is 8.81. The molecule has 2 aromatic rings. The fraction of sp³-hybridized carbons (Fsp3) is 0.333. The summed E-state index contributed by atoms with van der Waals surface area (Å²) in [4.78, 5) is 25.6. The molecule has 0 spiro atoms. The van der Waals surface area contributed by atoms with Gasteiger partial charge in [-0.25, -0.2) is 0 Å². The van der Waals surface area contributed by atoms with Crippen molar-refractivity contribution < 1.29 is 51.8 Å². The Balaban J connectivity index is 0.00000210. The molecule has 6 heteroatoms. The number of fused-ring (bicyclic) bond motifs is 2. The second kappa shape index (κ2) is 7.82. The Labute approximate surface area is 183 Å². The van der Waals surface area contributed by atoms with Gasteiger partial charge < -0.3 is 9.47 Å². The summed E-state index contributed by atoms with van der Waals surface area (Å²) < 4.78 is 10.8. The van der Waals surface area contributed by atoms with E-state index in [1.165, 1.54) is 25.0 Å². The van der Waals surface area contributed by atoms with Gasteiger partial charge in [0.1, 0.15) is 0 Å². The zero-order valence-corrected chi connectivity index (χ0v) is 18.6. The van der Waals surface area contributed by atoms with E-state index in [0.29, 0.717) is 11.8 Å². The molecule has 5 nitrogen and oxygen atoms in total. The molecule has 4 rings (SSSR count). The fourth-order valence-electron chi connectivity index (χ4n) is 4.13. The zero-order valence-electron chi connectivity index (χ0n) is 15.7. The van der Waals surface area contributed by atoms with Crippen molar-refractivity contribution >= 4 is 11.9 Å². The first kappa shape index (κ1) is 20.2. The number of ether oxygens (including phenoxy) is 2. The van der Waals surface area contributed by atoms with Crippen molar-refractivity contribution in [3.05, 3.63) is 47.0 Å². The molecular formula is C21H21NO4Y. The molecule has 2 aromatic carbocycles. The van der Waals surface area contributed by atoms with Crippen molar-refractivity contribution in [2.24, 2.45) is 0 Å². The Hall–Kier alpha value is -1.56. The van der Waals surface area contributed by atoms with Crippen molar-refractivity contribution in [2.45, 2.75) is 32.7 Å². The van der Waals surface area contributed by atoms with Gasteiger partial charge in [0.2, 0.25) is 0 Å². The number of rotatable bonds is 2. The molecule has 27 heavy (non-hydrogen) atoms. The Bertz CT molecular complexity index is 925. The largest absolute Gasteiger partial charge is 0.423 e. The Morgan fingerprint density at radius 1 is 1.04 bits per heavy atom. The first-order chi connectivity index (χ1) is 12.5. The fourth-order valence-corrected chi connectivity index (χ4v) is 4.13. The van der Waals surface area contributed by atoms with E-state index in [1.807, 2.05) is 12.1 Å². The van der Waals surface area contributed by atoms with Crippen molar-refractivity contribution in [2.75, 3.05) is 13.6 Å². The van der Waals surface area contributed by atoms with E-state index in [4.69, 9.17) is 9.47 Å². The van der Waals surface area contributed by atoms with Crippen molar-refractivity contribution in [1.82, 2.24) is 4.90 Å². The topological polar surface area (TPSA) is 55.8 Å². The smallest absolute Gasteiger partial charge is 0.308 e. The van der Waals surface area contributed by atoms with Gasteiger partial charge in [0.15, 0.2) is 11.5 Å². The Kier molecular flexibility index (Phi) is 5.85. The van der Waals surface area contributed by atoms with Crippen LogP contribution in [0.25, 0.3) is 11.1 Å². The van der Waals surface area contributed by atoms with E-state index >= 15 is 0 Å². The molecule has 0 N–H and O–H groups in total. The molecule has 137 valence electrons. The number of hydrogen-bond donors (Lipinski definition) is 0. The van der Waals surface area contributed by atoms with E-state index in [0.717, 1.165) is 36.1 Å². The van der Waals surface area contributed by atoms with E-state index in [2.05, 4.69) is 24.1 Å². The monoisotopic (exact) mass is 440 g/mol. The van der Waals surface area contributed by atoms with Crippen LogP contribution in [0.2, 0.25) is 0 Å². The molecule has 1 aliphatic heterocycles. The van der Waals surface area contributed by atoms with E-state index in [9.17, 15) is 9.59 Å². The summed E-state index contributed by atoms with van der Waals surface area (Å²) in [7, 11) is 2.15. The van der Waals surface area contributed by atoms with Crippen LogP contribution in [0.3, 0.4) is 0 Å². The molecule has 0 saturated heterocycles. The van der Waals surface area contributed by atoms with Crippen LogP contribution >= 0.6 is 0 Å². The second-order valence-corrected chi connectivity index (χ2v) is 6.94. The van der Waals surface area contributed by atoms with Crippen molar-refractivity contribution in [3.8, 4) is 22.6 Å². The van der Waals surface area contributed by atoms with E-state index < -0.39 is 11.9 Å². The predicted molar refractivity (Wildman–Crippen MR) is 97.3 cm³/mol. The summed E-state index contributed by atoms with van der Waals surface area (Å²) in [6.45, 7) is 3.72. The molecule has 1 atom stereocenters. The molecule has 1 heterocycles. The van der Waals surface area contributed by atoms with Gasteiger partial charge in [0.25, 0.3) is 0 Å². The van der Waals surface area contributed by atoms with Gasteiger partial charge in [-0.3, -0.25) is 14.5 Å². The summed E-state index contributed by atoms with van der Waals surface area (Å²) in [5.74, 6) is -0.255. The quantitative estimate of drug-likeness (QED) is 0.530. The van der Waals surface area contributed by atoms with Gasteiger partial charge in [-0.05, 0) is 48.2 Å². The number of nitrogens with zero attached hydrogens (tertiary/aromatic N) is 1. The minimum atomic E-state index is -0.443. The van der Waals surface area contributed by atoms with Crippen molar-refractivity contribution in [1.29, 1.82) is 0 Å². The third-order valence-electron chi connectivity index (χ3n) is 5.19. The third kappa shape index (κ3) is 3.60. The van der Waals surface area contributed by atoms with E-state index in [1.54, 1.807) is 6.07 Å². The van der Waals surface area contributed by atoms with Crippen LogP contribution in [0.15, 0.2) is 30.3 Å². The van der Waals surface area contributed by atoms with Gasteiger partial charge >= 0.3 is 11.9 Å². The van der Waals surface area contributed by atoms with Crippen LogP contribution in [0, 0.1) is 0 Å². The third-order valence-corrected chi connectivity index (χ3v) is 5.19. The van der Waals surface area contributed by atoms with Gasteiger partial charge in [0, 0.05) is 64.7 Å². The molecule has 1 radical (unpaired) electrons. The Morgan fingerprint density at radius 3 is 2.48 bits per heavy atom. The number of benzene rings is 2. The van der Waals surface area contributed by atoms with Crippen LogP contribution in [0.5, 0.6) is 11.5 Å². The molecule has 0 fully saturated rings. The van der Waals surface area contributed by atoms with Crippen molar-refractivity contribution in [3.63, 3.8) is 0 Å². The number of hydrogen-bond acceptors (Lipinski definition) is 5. The minimum Gasteiger partial charge on any atom is -0.423 e. The van der Waals surface area contributed by atoms with Crippen LogP contribution < -0.4 is 9.47 Å². The average Bonchev–Trinajstić information content (AvgIpc) is 2.59. The molecule has 0 aromatic heterocycles. The summed E-state index contributed by atoms with van der Waals surface area (Å²) in [5.41, 5.74) is 5.65. The van der Waals surface area contributed by atoms with Gasteiger partial charge in [-0.1, -0.05) is 24.3 Å². The van der Waals surface area contributed by atoms with Gasteiger partial charge in [-0.15, -0.1) is 0 Å². The number of esters is 2. The van der Waals surface area contributed by atoms with Gasteiger partial charge in [0.05, 0.1) is 0 Å². The summed E-state index contributed by atoms with van der Waals surface area (Å²) in [5, 5.41) is 0. The van der Waals surface area contributed by atoms with Crippen LogP contribution in [0.1, 0.15) is 36.6 Å². The van der Waals surface area contributed by atoms with Crippen LogP contribution in [-0.4, -0.2) is 30.4 Å². The maximum absolute atomic E-state index is 11.7. The first-order valence-electron chi connectivity index (χ1n) is 8.81. The van der Waals surface area contributed by atoms with Crippen LogP contribution in [-0.2, 0) is 55.1 Å². The SMILES string of the molecule is CC(=O)Oc1ccc2c(c1OC(C)=O)-c1cccc3c1C(C2)N(C)CC3.[Y]. The maximum atomic E-state index is 11.7. The summed E-state index contributed by atoms with van der Waals surface area (Å²) in [6.07, 6.45) is 1.84. The molecule has 2 aliphatic rings. The minimum absolute atomic E-state index is 0. The summed E-state index contributed by atoms with van der Waals surface area (Å²) >= 11 is 0. The Morgan fingerprint density at radius 2 is 1.78 bits per heavy atom. The molecule has 1 aliphatic carbocycles. The number of likely N-dealkylation sites (N-methyl/N-ethyl adjacent to an activating group) is 1. The zero-order chi connectivity index (χ0) is 18.4. The standard InChI is InChI=1S/C21H21NO4.Y/c1-12(23)25-18-8-7-15-11-17-19-14(9-10-22(17)3)5-4-6-16(19)20(15)21(18)26-13(2)24;/h4-8,17H,9-11H2,1-3H3;. The molecular weight excluding hydrogens is 419 g/mol. The normalized spacial score (nSPS) is 17.2. The predicted octanol–water partition coefficient (Wildman–Crippen LogP) is 3.29. The van der Waals surface area contributed by atoms with E-state index in [-0.39, 0.29) is 38.5 Å². The molecule has 0 saturated carbocycles. The summed E-state index contributed by atoms with van der Waals surface area (Å²) in [6, 6.07) is 10.3. The van der Waals surface area contributed by atoms with Crippen LogP contribution in [0.4, 0.5) is 0 Å². The average molecular weight is 440 g/mol. The number of carbonyl (C=O) groups excluding carboxylic acids is 2. The second-order valence-electron chi connectivity index (χ2n) is 6.94. The maximum Gasteiger partial charge on any atom is 0.308 e. The molecule has 1 unspecified atom stereocenters. The molecule has 0 bridgehead atoms. The molecule has 0 amide bonds. The number of carbonyl (C=O) groups is 2. The van der Waals surface area contributed by atoms with Gasteiger partial charge in [-0.2, -0.15) is 0 Å².